The molecule has 4 rings (SSSR count). The van der Waals surface area contributed by atoms with Crippen molar-refractivity contribution in [2.75, 3.05) is 0 Å². The van der Waals surface area contributed by atoms with E-state index in [2.05, 4.69) is 16.2 Å². The Hall–Kier alpha value is -3.68. The van der Waals surface area contributed by atoms with Crippen molar-refractivity contribution in [1.29, 1.82) is 10.5 Å². The fourth-order valence-corrected chi connectivity index (χ4v) is 3.05. The maximum Gasteiger partial charge on any atom is 0.144 e. The maximum atomic E-state index is 13.5. The number of benzene rings is 1. The monoisotopic (exact) mass is 376 g/mol. The van der Waals surface area contributed by atoms with Crippen LogP contribution in [0.4, 0.5) is 4.39 Å². The number of nitriles is 2. The third kappa shape index (κ3) is 2.91. The standard InChI is InChI=1S/C19H10ClFN6/c20-16-7-12(1-3-17(16)21)19-15(11-26(25-19)6-5-22)13-2-4-18-24-9-14(8-23)27(18)10-13/h1-4,7,9-11H,6H2. The van der Waals surface area contributed by atoms with Crippen LogP contribution in [0.1, 0.15) is 5.69 Å². The van der Waals surface area contributed by atoms with Gasteiger partial charge in [-0.1, -0.05) is 11.6 Å². The Morgan fingerprint density at radius 1 is 1.11 bits per heavy atom. The molecular formula is C19H10ClFN6. The van der Waals surface area contributed by atoms with Crippen molar-refractivity contribution in [3.63, 3.8) is 0 Å². The average molecular weight is 377 g/mol. The van der Waals surface area contributed by atoms with Gasteiger partial charge in [-0.05, 0) is 30.3 Å². The Balaban J connectivity index is 1.93. The maximum absolute atomic E-state index is 13.5. The predicted molar refractivity (Wildman–Crippen MR) is 97.1 cm³/mol. The molecule has 27 heavy (non-hydrogen) atoms. The zero-order valence-electron chi connectivity index (χ0n) is 13.8. The highest BCUT2D eigenvalue weighted by Crippen LogP contribution is 2.33. The van der Waals surface area contributed by atoms with E-state index in [1.165, 1.54) is 23.0 Å². The van der Waals surface area contributed by atoms with Crippen molar-refractivity contribution in [1.82, 2.24) is 19.2 Å². The summed E-state index contributed by atoms with van der Waals surface area (Å²) in [5.41, 5.74) is 3.74. The second-order valence-corrected chi connectivity index (χ2v) is 6.18. The summed E-state index contributed by atoms with van der Waals surface area (Å²) in [6, 6.07) is 12.1. The molecule has 0 fully saturated rings. The fraction of sp³-hybridized carbons (Fsp3) is 0.0526. The van der Waals surface area contributed by atoms with Crippen LogP contribution in [0.2, 0.25) is 5.02 Å². The van der Waals surface area contributed by atoms with Crippen LogP contribution in [0.15, 0.2) is 48.9 Å². The second-order valence-electron chi connectivity index (χ2n) is 5.78. The van der Waals surface area contributed by atoms with Gasteiger partial charge in [-0.25, -0.2) is 9.37 Å². The molecule has 0 aliphatic heterocycles. The van der Waals surface area contributed by atoms with Gasteiger partial charge >= 0.3 is 0 Å². The summed E-state index contributed by atoms with van der Waals surface area (Å²) in [7, 11) is 0. The zero-order valence-corrected chi connectivity index (χ0v) is 14.5. The number of pyridine rings is 1. The minimum atomic E-state index is -0.517. The lowest BCUT2D eigenvalue weighted by molar-refractivity contribution is 0.628. The van der Waals surface area contributed by atoms with Crippen molar-refractivity contribution in [3.05, 3.63) is 65.5 Å². The molecular weight excluding hydrogens is 367 g/mol. The topological polar surface area (TPSA) is 82.7 Å². The summed E-state index contributed by atoms with van der Waals surface area (Å²) in [5.74, 6) is -0.517. The zero-order chi connectivity index (χ0) is 19.0. The van der Waals surface area contributed by atoms with Crippen LogP contribution in [0.25, 0.3) is 28.0 Å². The highest BCUT2D eigenvalue weighted by Gasteiger charge is 2.16. The molecule has 1 aromatic carbocycles. The van der Waals surface area contributed by atoms with Crippen molar-refractivity contribution in [2.24, 2.45) is 0 Å². The molecule has 0 spiro atoms. The van der Waals surface area contributed by atoms with Gasteiger partial charge in [0.1, 0.15) is 35.5 Å². The average Bonchev–Trinajstić information content (AvgIpc) is 3.27. The van der Waals surface area contributed by atoms with Crippen LogP contribution in [0.3, 0.4) is 0 Å². The molecule has 3 aromatic heterocycles. The van der Waals surface area contributed by atoms with E-state index >= 15 is 0 Å². The molecule has 8 heteroatoms. The smallest absolute Gasteiger partial charge is 0.144 e. The molecule has 0 saturated heterocycles. The molecule has 0 radical (unpaired) electrons. The SMILES string of the molecule is N#CCn1cc(-c2ccc3ncc(C#N)n3c2)c(-c2ccc(F)c(Cl)c2)n1. The number of hydrogen-bond donors (Lipinski definition) is 0. The first-order chi connectivity index (χ1) is 13.1. The molecule has 130 valence electrons. The van der Waals surface area contributed by atoms with Crippen LogP contribution in [-0.2, 0) is 6.54 Å². The summed E-state index contributed by atoms with van der Waals surface area (Å²) >= 11 is 5.92. The number of hydrogen-bond acceptors (Lipinski definition) is 4. The Bertz CT molecular complexity index is 1260. The first-order valence-electron chi connectivity index (χ1n) is 7.88. The molecule has 0 bridgehead atoms. The number of halogens is 2. The fourth-order valence-electron chi connectivity index (χ4n) is 2.87. The van der Waals surface area contributed by atoms with Crippen LogP contribution >= 0.6 is 11.6 Å². The van der Waals surface area contributed by atoms with Crippen LogP contribution in [0.5, 0.6) is 0 Å². The Kier molecular flexibility index (Phi) is 4.08. The van der Waals surface area contributed by atoms with Crippen LogP contribution in [-0.4, -0.2) is 19.2 Å². The quantitative estimate of drug-likeness (QED) is 0.540. The van der Waals surface area contributed by atoms with E-state index in [0.717, 1.165) is 11.1 Å². The van der Waals surface area contributed by atoms with E-state index in [9.17, 15) is 9.65 Å². The van der Waals surface area contributed by atoms with Gasteiger partial charge in [-0.3, -0.25) is 9.08 Å². The number of fused-ring (bicyclic) bond motifs is 1. The van der Waals surface area contributed by atoms with Gasteiger partial charge in [-0.15, -0.1) is 0 Å². The third-order valence-corrected chi connectivity index (χ3v) is 4.41. The number of nitrogens with zero attached hydrogens (tertiary/aromatic N) is 6. The summed E-state index contributed by atoms with van der Waals surface area (Å²) in [6.07, 6.45) is 5.02. The summed E-state index contributed by atoms with van der Waals surface area (Å²) in [6.45, 7) is 0.0681. The van der Waals surface area contributed by atoms with Gasteiger partial charge in [0.2, 0.25) is 0 Å². The van der Waals surface area contributed by atoms with Gasteiger partial charge < -0.3 is 0 Å². The van der Waals surface area contributed by atoms with Gasteiger partial charge in [0.25, 0.3) is 0 Å². The van der Waals surface area contributed by atoms with Crippen LogP contribution in [0, 0.1) is 28.5 Å². The summed E-state index contributed by atoms with van der Waals surface area (Å²) in [5, 5.41) is 22.7. The normalized spacial score (nSPS) is 10.7. The molecule has 0 aliphatic carbocycles. The molecule has 0 unspecified atom stereocenters. The van der Waals surface area contributed by atoms with Crippen molar-refractivity contribution in [2.45, 2.75) is 6.54 Å². The molecule has 0 aliphatic rings. The summed E-state index contributed by atoms with van der Waals surface area (Å²) in [4.78, 5) is 4.18. The Morgan fingerprint density at radius 3 is 2.67 bits per heavy atom. The first kappa shape index (κ1) is 16.8. The third-order valence-electron chi connectivity index (χ3n) is 4.12. The van der Waals surface area contributed by atoms with Crippen molar-refractivity contribution < 1.29 is 4.39 Å². The van der Waals surface area contributed by atoms with Gasteiger partial charge in [0.05, 0.1) is 17.3 Å². The van der Waals surface area contributed by atoms with Gasteiger partial charge in [0, 0.05) is 29.1 Å². The first-order valence-corrected chi connectivity index (χ1v) is 8.26. The number of imidazole rings is 1. The lowest BCUT2D eigenvalue weighted by Gasteiger charge is -2.05. The molecule has 0 atom stereocenters. The molecule has 4 aromatic rings. The Labute approximate surface area is 158 Å². The van der Waals surface area contributed by atoms with E-state index in [1.807, 2.05) is 12.1 Å². The Morgan fingerprint density at radius 2 is 1.93 bits per heavy atom. The van der Waals surface area contributed by atoms with E-state index < -0.39 is 5.82 Å². The summed E-state index contributed by atoms with van der Waals surface area (Å²) < 4.78 is 16.7. The minimum Gasteiger partial charge on any atom is -0.291 e. The van der Waals surface area contributed by atoms with Crippen LogP contribution < -0.4 is 0 Å². The van der Waals surface area contributed by atoms with E-state index in [4.69, 9.17) is 16.9 Å². The predicted octanol–water partition coefficient (Wildman–Crippen LogP) is 4.05. The second kappa shape index (κ2) is 6.56. The minimum absolute atomic E-state index is 0.00916. The molecule has 0 amide bonds. The van der Waals surface area contributed by atoms with Crippen molar-refractivity contribution in [3.8, 4) is 34.5 Å². The molecule has 0 saturated carbocycles. The van der Waals surface area contributed by atoms with Crippen molar-refractivity contribution >= 4 is 17.2 Å². The van der Waals surface area contributed by atoms with Gasteiger partial charge in [0.15, 0.2) is 0 Å². The number of rotatable bonds is 3. The molecule has 6 nitrogen and oxygen atoms in total. The van der Waals surface area contributed by atoms with Gasteiger partial charge in [-0.2, -0.15) is 15.6 Å². The van der Waals surface area contributed by atoms with E-state index in [0.29, 0.717) is 22.6 Å². The highest BCUT2D eigenvalue weighted by molar-refractivity contribution is 6.31. The molecule has 3 heterocycles. The lowest BCUT2D eigenvalue weighted by Crippen LogP contribution is -1.95. The highest BCUT2D eigenvalue weighted by atomic mass is 35.5. The van der Waals surface area contributed by atoms with E-state index in [1.54, 1.807) is 28.9 Å². The number of aromatic nitrogens is 4. The lowest BCUT2D eigenvalue weighted by atomic mass is 10.0. The van der Waals surface area contributed by atoms with E-state index in [-0.39, 0.29) is 11.6 Å². The largest absolute Gasteiger partial charge is 0.291 e. The molecule has 0 N–H and O–H groups in total.